The molecular formula is C13H9BrN2O4S. The van der Waals surface area contributed by atoms with Gasteiger partial charge < -0.3 is 5.11 Å². The summed E-state index contributed by atoms with van der Waals surface area (Å²) in [6.07, 6.45) is 1.63. The fraction of sp³-hybridized carbons (Fsp3) is 0.0769. The van der Waals surface area contributed by atoms with Crippen LogP contribution in [0, 0.1) is 10.1 Å². The molecule has 0 aliphatic carbocycles. The largest absolute Gasteiger partial charge is 0.477 e. The van der Waals surface area contributed by atoms with Gasteiger partial charge in [-0.05, 0) is 33.6 Å². The highest BCUT2D eigenvalue weighted by Crippen LogP contribution is 2.28. The zero-order chi connectivity index (χ0) is 15.4. The summed E-state index contributed by atoms with van der Waals surface area (Å²) in [5.41, 5.74) is -0.275. The third-order valence-corrected chi connectivity index (χ3v) is 4.08. The number of rotatable bonds is 5. The molecule has 0 saturated heterocycles. The Labute approximate surface area is 132 Å². The predicted molar refractivity (Wildman–Crippen MR) is 81.6 cm³/mol. The van der Waals surface area contributed by atoms with Crippen LogP contribution in [0.2, 0.25) is 0 Å². The number of hydrogen-bond acceptors (Lipinski definition) is 5. The van der Waals surface area contributed by atoms with Crippen LogP contribution >= 0.6 is 27.7 Å². The van der Waals surface area contributed by atoms with Crippen molar-refractivity contribution >= 4 is 39.3 Å². The van der Waals surface area contributed by atoms with Crippen LogP contribution in [-0.2, 0) is 5.75 Å². The number of carbonyl (C=O) groups is 1. The van der Waals surface area contributed by atoms with Crippen LogP contribution < -0.4 is 0 Å². The fourth-order valence-electron chi connectivity index (χ4n) is 1.71. The van der Waals surface area contributed by atoms with Gasteiger partial charge in [-0.3, -0.25) is 10.1 Å². The summed E-state index contributed by atoms with van der Waals surface area (Å²) in [5, 5.41) is 20.8. The van der Waals surface area contributed by atoms with E-state index < -0.39 is 16.6 Å². The highest BCUT2D eigenvalue weighted by Gasteiger charge is 2.23. The number of hydrogen-bond donors (Lipinski definition) is 1. The highest BCUT2D eigenvalue weighted by molar-refractivity contribution is 9.10. The fourth-order valence-corrected chi connectivity index (χ4v) is 2.78. The van der Waals surface area contributed by atoms with Gasteiger partial charge in [-0.2, -0.15) is 0 Å². The minimum atomic E-state index is -1.30. The van der Waals surface area contributed by atoms with E-state index in [0.717, 1.165) is 4.47 Å². The van der Waals surface area contributed by atoms with Gasteiger partial charge in [0, 0.05) is 22.5 Å². The predicted octanol–water partition coefficient (Wildman–Crippen LogP) is 3.74. The molecule has 21 heavy (non-hydrogen) atoms. The van der Waals surface area contributed by atoms with Gasteiger partial charge in [0.05, 0.1) is 9.95 Å². The molecule has 0 atom stereocenters. The second-order valence-electron chi connectivity index (χ2n) is 3.98. The number of pyridine rings is 1. The number of aromatic nitrogens is 1. The molecule has 0 unspecified atom stereocenters. The van der Waals surface area contributed by atoms with Crippen molar-refractivity contribution in [3.63, 3.8) is 0 Å². The van der Waals surface area contributed by atoms with Gasteiger partial charge in [-0.1, -0.05) is 12.1 Å². The van der Waals surface area contributed by atoms with Crippen molar-refractivity contribution in [3.8, 4) is 0 Å². The Hall–Kier alpha value is -1.93. The Morgan fingerprint density at radius 1 is 1.38 bits per heavy atom. The van der Waals surface area contributed by atoms with Crippen molar-refractivity contribution in [2.75, 3.05) is 0 Å². The second kappa shape index (κ2) is 6.68. The van der Waals surface area contributed by atoms with Gasteiger partial charge in [0.1, 0.15) is 5.56 Å². The van der Waals surface area contributed by atoms with E-state index in [0.29, 0.717) is 10.6 Å². The summed E-state index contributed by atoms with van der Waals surface area (Å²) in [5.74, 6) is -1.01. The lowest BCUT2D eigenvalue weighted by Gasteiger charge is -2.06. The van der Waals surface area contributed by atoms with Crippen LogP contribution in [0.4, 0.5) is 5.69 Å². The number of benzene rings is 1. The number of carboxylic acids is 1. The van der Waals surface area contributed by atoms with Crippen molar-refractivity contribution in [1.29, 1.82) is 0 Å². The van der Waals surface area contributed by atoms with Crippen LogP contribution in [0.1, 0.15) is 15.9 Å². The van der Waals surface area contributed by atoms with E-state index in [1.54, 1.807) is 18.3 Å². The van der Waals surface area contributed by atoms with E-state index >= 15 is 0 Å². The van der Waals surface area contributed by atoms with E-state index in [1.165, 1.54) is 23.9 Å². The molecule has 1 N–H and O–H groups in total. The molecule has 1 heterocycles. The molecule has 0 aliphatic heterocycles. The maximum atomic E-state index is 11.3. The first-order chi connectivity index (χ1) is 9.99. The van der Waals surface area contributed by atoms with Crippen molar-refractivity contribution in [1.82, 2.24) is 4.98 Å². The first-order valence-corrected chi connectivity index (χ1v) is 7.51. The maximum Gasteiger partial charge on any atom is 0.343 e. The Morgan fingerprint density at radius 2 is 2.14 bits per heavy atom. The molecular weight excluding hydrogens is 360 g/mol. The average Bonchev–Trinajstić information content (AvgIpc) is 2.46. The number of thioether (sulfide) groups is 1. The summed E-state index contributed by atoms with van der Waals surface area (Å²) >= 11 is 4.59. The summed E-state index contributed by atoms with van der Waals surface area (Å²) < 4.78 is 0.841. The highest BCUT2D eigenvalue weighted by atomic mass is 79.9. The number of aromatic carboxylic acids is 1. The van der Waals surface area contributed by atoms with Crippen molar-refractivity contribution in [2.45, 2.75) is 10.8 Å². The molecule has 0 fully saturated rings. The van der Waals surface area contributed by atoms with Crippen molar-refractivity contribution in [2.24, 2.45) is 0 Å². The van der Waals surface area contributed by atoms with Crippen molar-refractivity contribution in [3.05, 3.63) is 62.2 Å². The molecule has 0 amide bonds. The van der Waals surface area contributed by atoms with E-state index in [1.807, 2.05) is 6.07 Å². The molecule has 6 nitrogen and oxygen atoms in total. The van der Waals surface area contributed by atoms with Gasteiger partial charge in [0.25, 0.3) is 5.69 Å². The average molecular weight is 369 g/mol. The SMILES string of the molecule is O=C(O)c1c(CSc2ccc(Br)cn2)cccc1[N+](=O)[O-]. The zero-order valence-corrected chi connectivity index (χ0v) is 12.9. The quantitative estimate of drug-likeness (QED) is 0.490. The number of nitro groups is 1. The second-order valence-corrected chi connectivity index (χ2v) is 5.89. The molecule has 0 radical (unpaired) electrons. The molecule has 108 valence electrons. The molecule has 2 aromatic rings. The van der Waals surface area contributed by atoms with E-state index in [4.69, 9.17) is 0 Å². The smallest absolute Gasteiger partial charge is 0.343 e. The molecule has 0 saturated carbocycles. The van der Waals surface area contributed by atoms with Crippen LogP contribution in [0.15, 0.2) is 46.0 Å². The monoisotopic (exact) mass is 368 g/mol. The third kappa shape index (κ3) is 3.79. The van der Waals surface area contributed by atoms with E-state index in [2.05, 4.69) is 20.9 Å². The number of carboxylic acid groups (broad SMARTS) is 1. The van der Waals surface area contributed by atoms with Gasteiger partial charge in [-0.15, -0.1) is 11.8 Å². The normalized spacial score (nSPS) is 10.3. The number of nitrogens with zero attached hydrogens (tertiary/aromatic N) is 2. The molecule has 0 aliphatic rings. The van der Waals surface area contributed by atoms with Crippen LogP contribution in [0.3, 0.4) is 0 Å². The van der Waals surface area contributed by atoms with Gasteiger partial charge in [0.15, 0.2) is 0 Å². The number of halogens is 1. The third-order valence-electron chi connectivity index (χ3n) is 2.62. The summed E-state index contributed by atoms with van der Waals surface area (Å²) in [7, 11) is 0. The van der Waals surface area contributed by atoms with Crippen molar-refractivity contribution < 1.29 is 14.8 Å². The summed E-state index contributed by atoms with van der Waals surface area (Å²) in [4.78, 5) is 25.7. The van der Waals surface area contributed by atoms with Crippen LogP contribution in [-0.4, -0.2) is 21.0 Å². The maximum absolute atomic E-state index is 11.3. The van der Waals surface area contributed by atoms with Crippen LogP contribution in [0.25, 0.3) is 0 Å². The lowest BCUT2D eigenvalue weighted by molar-refractivity contribution is -0.385. The van der Waals surface area contributed by atoms with Gasteiger partial charge in [-0.25, -0.2) is 9.78 Å². The number of nitro benzene ring substituents is 1. The minimum absolute atomic E-state index is 0.271. The first kappa shape index (κ1) is 15.5. The molecule has 1 aromatic carbocycles. The van der Waals surface area contributed by atoms with Gasteiger partial charge >= 0.3 is 5.97 Å². The van der Waals surface area contributed by atoms with E-state index in [9.17, 15) is 20.0 Å². The lowest BCUT2D eigenvalue weighted by Crippen LogP contribution is -2.06. The molecule has 8 heteroatoms. The topological polar surface area (TPSA) is 93.3 Å². The molecule has 2 rings (SSSR count). The first-order valence-electron chi connectivity index (χ1n) is 5.73. The summed E-state index contributed by atoms with van der Waals surface area (Å²) in [6, 6.07) is 7.85. The Bertz CT molecular complexity index is 691. The van der Waals surface area contributed by atoms with Crippen LogP contribution in [0.5, 0.6) is 0 Å². The summed E-state index contributed by atoms with van der Waals surface area (Å²) in [6.45, 7) is 0. The minimum Gasteiger partial charge on any atom is -0.477 e. The molecule has 1 aromatic heterocycles. The van der Waals surface area contributed by atoms with Gasteiger partial charge in [0.2, 0.25) is 0 Å². The molecule has 0 spiro atoms. The standard InChI is InChI=1S/C13H9BrN2O4S/c14-9-4-5-11(15-6-9)21-7-8-2-1-3-10(16(19)20)12(8)13(17)18/h1-6H,7H2,(H,17,18). The van der Waals surface area contributed by atoms with E-state index in [-0.39, 0.29) is 11.3 Å². The Kier molecular flexibility index (Phi) is 4.92. The Morgan fingerprint density at radius 3 is 2.71 bits per heavy atom. The Balaban J connectivity index is 2.27. The lowest BCUT2D eigenvalue weighted by atomic mass is 10.1. The zero-order valence-electron chi connectivity index (χ0n) is 10.5. The molecule has 0 bridgehead atoms.